The van der Waals surface area contributed by atoms with Crippen molar-refractivity contribution in [2.24, 2.45) is 28.6 Å². The molecular weight excluding hydrogens is 312 g/mol. The maximum Gasteiger partial charge on any atom is 0.178 e. The van der Waals surface area contributed by atoms with E-state index in [0.717, 1.165) is 37.7 Å². The van der Waals surface area contributed by atoms with Crippen LogP contribution < -0.4 is 0 Å². The molecule has 0 amide bonds. The second-order valence-corrected chi connectivity index (χ2v) is 8.90. The van der Waals surface area contributed by atoms with Crippen LogP contribution in [0, 0.1) is 28.6 Å². The molecule has 0 saturated heterocycles. The Labute approximate surface area is 149 Å². The fourth-order valence-corrected chi connectivity index (χ4v) is 6.50. The Morgan fingerprint density at radius 3 is 2.72 bits per heavy atom. The number of carbonyl (C=O) groups excluding carboxylic acids is 2. The number of hydrogen-bond donors (Lipinski definition) is 1. The van der Waals surface area contributed by atoms with Crippen LogP contribution >= 0.6 is 0 Å². The first-order valence-corrected chi connectivity index (χ1v) is 9.60. The van der Waals surface area contributed by atoms with Crippen LogP contribution in [0.1, 0.15) is 52.9 Å². The van der Waals surface area contributed by atoms with Crippen molar-refractivity contribution < 1.29 is 14.7 Å². The molecule has 0 spiro atoms. The minimum Gasteiger partial charge on any atom is -0.389 e. The zero-order valence-corrected chi connectivity index (χ0v) is 15.5. The Morgan fingerprint density at radius 1 is 1.24 bits per heavy atom. The van der Waals surface area contributed by atoms with Gasteiger partial charge in [0, 0.05) is 11.3 Å². The summed E-state index contributed by atoms with van der Waals surface area (Å²) in [6.07, 6.45) is 11.0. The van der Waals surface area contributed by atoms with Crippen molar-refractivity contribution in [2.75, 3.05) is 6.61 Å². The van der Waals surface area contributed by atoms with E-state index in [1.165, 1.54) is 11.1 Å². The van der Waals surface area contributed by atoms with E-state index >= 15 is 0 Å². The van der Waals surface area contributed by atoms with Crippen molar-refractivity contribution in [1.29, 1.82) is 0 Å². The van der Waals surface area contributed by atoms with Gasteiger partial charge in [0.25, 0.3) is 0 Å². The maximum atomic E-state index is 12.3. The summed E-state index contributed by atoms with van der Waals surface area (Å²) < 4.78 is 0. The van der Waals surface area contributed by atoms with E-state index in [2.05, 4.69) is 26.8 Å². The number of fused-ring (bicyclic) bond motifs is 5. The second-order valence-electron chi connectivity index (χ2n) is 8.90. The van der Waals surface area contributed by atoms with Crippen molar-refractivity contribution in [3.8, 4) is 0 Å². The Bertz CT molecular complexity index is 740. The van der Waals surface area contributed by atoms with Gasteiger partial charge in [0.05, 0.1) is 0 Å². The number of aliphatic hydroxyl groups excluding tert-OH is 1. The van der Waals surface area contributed by atoms with E-state index in [4.69, 9.17) is 0 Å². The van der Waals surface area contributed by atoms with Crippen LogP contribution in [0.3, 0.4) is 0 Å². The lowest BCUT2D eigenvalue weighted by molar-refractivity contribution is -0.129. The molecule has 4 aliphatic rings. The summed E-state index contributed by atoms with van der Waals surface area (Å²) in [6.45, 7) is 6.30. The molecule has 3 heteroatoms. The van der Waals surface area contributed by atoms with Crippen LogP contribution in [0.25, 0.3) is 0 Å². The summed E-state index contributed by atoms with van der Waals surface area (Å²) in [6, 6.07) is 0. The maximum absolute atomic E-state index is 12.3. The number of carbonyl (C=O) groups is 2. The van der Waals surface area contributed by atoms with Crippen LogP contribution in [0.4, 0.5) is 0 Å². The van der Waals surface area contributed by atoms with E-state index in [0.29, 0.717) is 11.8 Å². The molecule has 0 aromatic carbocycles. The minimum absolute atomic E-state index is 0.00498. The van der Waals surface area contributed by atoms with Gasteiger partial charge in [-0.2, -0.15) is 0 Å². The standard InChI is InChI=1S/C22H28O3/c1-13-10-15(24)11-14-4-5-16-17-6-7-19(20(25)12-23)21(17,2)9-8-18(16)22(13,14)3/h8,10-11,16-17,19,23H,4-7,9,12H2,1-3H3/t16-,17-,19?,21-,22-/m0/s1. The van der Waals surface area contributed by atoms with Gasteiger partial charge in [0.15, 0.2) is 11.6 Å². The number of Topliss-reactive ketones (excluding diaryl/α,β-unsaturated/α-hetero) is 1. The molecule has 0 heterocycles. The predicted molar refractivity (Wildman–Crippen MR) is 96.8 cm³/mol. The van der Waals surface area contributed by atoms with Gasteiger partial charge in [0.2, 0.25) is 0 Å². The summed E-state index contributed by atoms with van der Waals surface area (Å²) in [4.78, 5) is 24.3. The number of hydrogen-bond acceptors (Lipinski definition) is 3. The molecule has 0 bridgehead atoms. The number of rotatable bonds is 2. The Kier molecular flexibility index (Phi) is 3.74. The van der Waals surface area contributed by atoms with Gasteiger partial charge >= 0.3 is 0 Å². The average molecular weight is 340 g/mol. The summed E-state index contributed by atoms with van der Waals surface area (Å²) in [7, 11) is 0. The lowest BCUT2D eigenvalue weighted by atomic mass is 9.50. The fourth-order valence-electron chi connectivity index (χ4n) is 6.50. The van der Waals surface area contributed by atoms with Crippen molar-refractivity contribution in [1.82, 2.24) is 0 Å². The molecule has 1 N–H and O–H groups in total. The summed E-state index contributed by atoms with van der Waals surface area (Å²) in [5.74, 6) is 1.14. The zero-order chi connectivity index (χ0) is 18.0. The van der Waals surface area contributed by atoms with Gasteiger partial charge in [0.1, 0.15) is 6.61 Å². The molecule has 0 aromatic rings. The highest BCUT2D eigenvalue weighted by Gasteiger charge is 2.57. The van der Waals surface area contributed by atoms with E-state index in [1.54, 1.807) is 6.08 Å². The Balaban J connectivity index is 1.76. The molecule has 4 rings (SSSR count). The lowest BCUT2D eigenvalue weighted by Gasteiger charge is -2.53. The number of allylic oxidation sites excluding steroid dienone is 6. The molecule has 1 unspecified atom stereocenters. The van der Waals surface area contributed by atoms with Crippen LogP contribution in [-0.2, 0) is 9.59 Å². The molecule has 0 aliphatic heterocycles. The molecule has 0 aromatic heterocycles. The first kappa shape index (κ1) is 17.0. The van der Waals surface area contributed by atoms with Crippen molar-refractivity contribution >= 4 is 11.6 Å². The number of aliphatic hydroxyl groups is 1. The third-order valence-corrected chi connectivity index (χ3v) is 8.01. The van der Waals surface area contributed by atoms with Crippen LogP contribution in [0.5, 0.6) is 0 Å². The van der Waals surface area contributed by atoms with Crippen LogP contribution in [0.15, 0.2) is 34.9 Å². The van der Waals surface area contributed by atoms with Crippen molar-refractivity contribution in [2.45, 2.75) is 52.9 Å². The second kappa shape index (κ2) is 5.51. The average Bonchev–Trinajstić information content (AvgIpc) is 2.93. The van der Waals surface area contributed by atoms with Gasteiger partial charge in [-0.05, 0) is 75.4 Å². The SMILES string of the molecule is CC1=CC(=O)C=C2CC[C@@H]3C(=CC[C@]4(C)C(C(=O)CO)CC[C@@H]34)[C@@]12C. The van der Waals surface area contributed by atoms with Crippen LogP contribution in [0.2, 0.25) is 0 Å². The lowest BCUT2D eigenvalue weighted by Crippen LogP contribution is -2.45. The highest BCUT2D eigenvalue weighted by molar-refractivity contribution is 6.02. The zero-order valence-electron chi connectivity index (χ0n) is 15.5. The first-order chi connectivity index (χ1) is 11.8. The smallest absolute Gasteiger partial charge is 0.178 e. The van der Waals surface area contributed by atoms with Gasteiger partial charge in [-0.3, -0.25) is 9.59 Å². The molecule has 4 aliphatic carbocycles. The molecule has 5 atom stereocenters. The summed E-state index contributed by atoms with van der Waals surface area (Å²) in [5, 5.41) is 9.38. The largest absolute Gasteiger partial charge is 0.389 e. The Morgan fingerprint density at radius 2 is 2.00 bits per heavy atom. The molecule has 0 radical (unpaired) electrons. The highest BCUT2D eigenvalue weighted by atomic mass is 16.3. The molecule has 25 heavy (non-hydrogen) atoms. The van der Waals surface area contributed by atoms with Gasteiger partial charge in [-0.1, -0.05) is 29.7 Å². The summed E-state index contributed by atoms with van der Waals surface area (Å²) in [5.41, 5.74) is 3.77. The van der Waals surface area contributed by atoms with E-state index in [9.17, 15) is 14.7 Å². The minimum atomic E-state index is -0.331. The monoisotopic (exact) mass is 340 g/mol. The van der Waals surface area contributed by atoms with Crippen LogP contribution in [-0.4, -0.2) is 23.3 Å². The third kappa shape index (κ3) is 2.14. The van der Waals surface area contributed by atoms with Gasteiger partial charge in [-0.15, -0.1) is 0 Å². The van der Waals surface area contributed by atoms with Crippen molar-refractivity contribution in [3.05, 3.63) is 34.9 Å². The van der Waals surface area contributed by atoms with E-state index in [1.807, 2.05) is 6.08 Å². The van der Waals surface area contributed by atoms with Gasteiger partial charge in [-0.25, -0.2) is 0 Å². The predicted octanol–water partition coefficient (Wildman–Crippen LogP) is 3.78. The molecule has 3 nitrogen and oxygen atoms in total. The van der Waals surface area contributed by atoms with E-state index < -0.39 is 0 Å². The number of ketones is 2. The highest BCUT2D eigenvalue weighted by Crippen LogP contribution is 2.64. The molecule has 2 fully saturated rings. The fraction of sp³-hybridized carbons (Fsp3) is 0.636. The molecule has 2 saturated carbocycles. The summed E-state index contributed by atoms with van der Waals surface area (Å²) >= 11 is 0. The quantitative estimate of drug-likeness (QED) is 0.778. The first-order valence-electron chi connectivity index (χ1n) is 9.60. The third-order valence-electron chi connectivity index (χ3n) is 8.01. The normalized spacial score (nSPS) is 42.6. The Hall–Kier alpha value is -1.48. The molecular formula is C22H28O3. The topological polar surface area (TPSA) is 54.4 Å². The van der Waals surface area contributed by atoms with E-state index in [-0.39, 0.29) is 34.9 Å². The van der Waals surface area contributed by atoms with Gasteiger partial charge < -0.3 is 5.11 Å². The molecule has 134 valence electrons. The van der Waals surface area contributed by atoms with Crippen molar-refractivity contribution in [3.63, 3.8) is 0 Å².